The van der Waals surface area contributed by atoms with Gasteiger partial charge in [-0.15, -0.1) is 11.6 Å². The highest BCUT2D eigenvalue weighted by molar-refractivity contribution is 9.10. The molecule has 94 valence electrons. The summed E-state index contributed by atoms with van der Waals surface area (Å²) in [5.41, 5.74) is 1.05. The van der Waals surface area contributed by atoms with Crippen molar-refractivity contribution in [2.45, 2.75) is 6.92 Å². The van der Waals surface area contributed by atoms with E-state index in [1.54, 1.807) is 0 Å². The van der Waals surface area contributed by atoms with Gasteiger partial charge in [0.2, 0.25) is 0 Å². The normalized spacial score (nSPS) is 17.5. The summed E-state index contributed by atoms with van der Waals surface area (Å²) in [4.78, 5) is 9.34. The van der Waals surface area contributed by atoms with Gasteiger partial charge in [0.1, 0.15) is 5.82 Å². The molecule has 0 bridgehead atoms. The molecule has 2 heterocycles. The molecule has 17 heavy (non-hydrogen) atoms. The van der Waals surface area contributed by atoms with Gasteiger partial charge in [-0.2, -0.15) is 0 Å². The third kappa shape index (κ3) is 3.33. The van der Waals surface area contributed by atoms with Crippen LogP contribution in [0.3, 0.4) is 0 Å². The van der Waals surface area contributed by atoms with Gasteiger partial charge in [0, 0.05) is 43.1 Å². The lowest BCUT2D eigenvalue weighted by atomic mass is 10.3. The summed E-state index contributed by atoms with van der Waals surface area (Å²) < 4.78 is 1.07. The lowest BCUT2D eigenvalue weighted by Gasteiger charge is -2.35. The van der Waals surface area contributed by atoms with Crippen molar-refractivity contribution < 1.29 is 0 Å². The Morgan fingerprint density at radius 3 is 2.59 bits per heavy atom. The highest BCUT2D eigenvalue weighted by Gasteiger charge is 2.17. The maximum Gasteiger partial charge on any atom is 0.128 e. The number of halogens is 2. The maximum atomic E-state index is 5.75. The largest absolute Gasteiger partial charge is 0.354 e. The number of hydrogen-bond acceptors (Lipinski definition) is 3. The molecule has 0 N–H and O–H groups in total. The van der Waals surface area contributed by atoms with Crippen LogP contribution in [0.15, 0.2) is 16.6 Å². The number of pyridine rings is 1. The molecule has 1 aliphatic heterocycles. The Morgan fingerprint density at radius 2 is 2.00 bits per heavy atom. The number of aromatic nitrogens is 1. The highest BCUT2D eigenvalue weighted by atomic mass is 79.9. The van der Waals surface area contributed by atoms with E-state index in [2.05, 4.69) is 42.8 Å². The van der Waals surface area contributed by atoms with E-state index in [0.717, 1.165) is 54.6 Å². The van der Waals surface area contributed by atoms with Gasteiger partial charge in [0.25, 0.3) is 0 Å². The van der Waals surface area contributed by atoms with Crippen molar-refractivity contribution in [3.63, 3.8) is 0 Å². The third-order valence-corrected chi connectivity index (χ3v) is 4.11. The molecule has 1 aromatic rings. The Kier molecular flexibility index (Phi) is 4.65. The van der Waals surface area contributed by atoms with E-state index in [-0.39, 0.29) is 0 Å². The van der Waals surface area contributed by atoms with Gasteiger partial charge in [-0.25, -0.2) is 4.98 Å². The second-order valence-electron chi connectivity index (χ2n) is 4.25. The number of hydrogen-bond donors (Lipinski definition) is 0. The van der Waals surface area contributed by atoms with E-state index in [0.29, 0.717) is 0 Å². The van der Waals surface area contributed by atoms with Crippen LogP contribution in [-0.4, -0.2) is 48.5 Å². The number of rotatable bonds is 3. The van der Waals surface area contributed by atoms with Crippen LogP contribution in [0.1, 0.15) is 5.69 Å². The minimum absolute atomic E-state index is 0.718. The number of alkyl halides is 1. The van der Waals surface area contributed by atoms with Crippen LogP contribution in [0, 0.1) is 6.92 Å². The topological polar surface area (TPSA) is 19.4 Å². The zero-order valence-corrected chi connectivity index (χ0v) is 12.3. The van der Waals surface area contributed by atoms with Crippen molar-refractivity contribution in [2.75, 3.05) is 43.5 Å². The zero-order chi connectivity index (χ0) is 12.3. The Morgan fingerprint density at radius 1 is 1.29 bits per heavy atom. The fourth-order valence-corrected chi connectivity index (χ4v) is 2.49. The number of aryl methyl sites for hydroxylation is 1. The van der Waals surface area contributed by atoms with Crippen LogP contribution >= 0.6 is 27.5 Å². The molecule has 0 radical (unpaired) electrons. The average Bonchev–Trinajstić information content (AvgIpc) is 2.34. The SMILES string of the molecule is Cc1nc(N2CCN(CCCl)CC2)ccc1Br. The molecule has 0 saturated carbocycles. The van der Waals surface area contributed by atoms with Gasteiger partial charge in [0.05, 0.1) is 5.69 Å². The molecule has 2 rings (SSSR count). The van der Waals surface area contributed by atoms with Crippen molar-refractivity contribution >= 4 is 33.3 Å². The van der Waals surface area contributed by atoms with Crippen LogP contribution in [0.4, 0.5) is 5.82 Å². The summed E-state index contributed by atoms with van der Waals surface area (Å²) in [6, 6.07) is 4.15. The molecular formula is C12H17BrClN3. The van der Waals surface area contributed by atoms with Crippen LogP contribution in [0.2, 0.25) is 0 Å². The van der Waals surface area contributed by atoms with Crippen LogP contribution in [-0.2, 0) is 0 Å². The molecule has 3 nitrogen and oxygen atoms in total. The first-order valence-corrected chi connectivity index (χ1v) is 7.20. The van der Waals surface area contributed by atoms with Gasteiger partial charge >= 0.3 is 0 Å². The van der Waals surface area contributed by atoms with Crippen LogP contribution < -0.4 is 4.90 Å². The van der Waals surface area contributed by atoms with Gasteiger partial charge in [-0.1, -0.05) is 0 Å². The van der Waals surface area contributed by atoms with E-state index in [9.17, 15) is 0 Å². The predicted octanol–water partition coefficient (Wildman–Crippen LogP) is 2.51. The van der Waals surface area contributed by atoms with Crippen molar-refractivity contribution in [3.05, 3.63) is 22.3 Å². The average molecular weight is 319 g/mol. The Hall–Kier alpha value is -0.320. The molecule has 5 heteroatoms. The standard InChI is InChI=1S/C12H17BrClN3/c1-10-11(13)2-3-12(15-10)17-8-6-16(5-4-14)7-9-17/h2-3H,4-9H2,1H3. The molecule has 0 aliphatic carbocycles. The fourth-order valence-electron chi connectivity index (χ4n) is 2.03. The fraction of sp³-hybridized carbons (Fsp3) is 0.583. The molecular weight excluding hydrogens is 302 g/mol. The summed E-state index contributed by atoms with van der Waals surface area (Å²) in [7, 11) is 0. The molecule has 1 saturated heterocycles. The summed E-state index contributed by atoms with van der Waals surface area (Å²) >= 11 is 9.23. The van der Waals surface area contributed by atoms with E-state index in [1.807, 2.05) is 6.92 Å². The highest BCUT2D eigenvalue weighted by Crippen LogP contribution is 2.20. The van der Waals surface area contributed by atoms with E-state index >= 15 is 0 Å². The monoisotopic (exact) mass is 317 g/mol. The van der Waals surface area contributed by atoms with E-state index in [4.69, 9.17) is 11.6 Å². The van der Waals surface area contributed by atoms with Gasteiger partial charge in [-0.3, -0.25) is 4.90 Å². The van der Waals surface area contributed by atoms with Crippen molar-refractivity contribution in [1.29, 1.82) is 0 Å². The van der Waals surface area contributed by atoms with Crippen molar-refractivity contribution in [3.8, 4) is 0 Å². The second kappa shape index (κ2) is 6.03. The minimum Gasteiger partial charge on any atom is -0.354 e. The predicted molar refractivity (Wildman–Crippen MR) is 76.0 cm³/mol. The first kappa shape index (κ1) is 13.1. The molecule has 0 amide bonds. The first-order valence-electron chi connectivity index (χ1n) is 5.87. The quantitative estimate of drug-likeness (QED) is 0.798. The summed E-state index contributed by atoms with van der Waals surface area (Å²) in [6.07, 6.45) is 0. The second-order valence-corrected chi connectivity index (χ2v) is 5.49. The lowest BCUT2D eigenvalue weighted by Crippen LogP contribution is -2.47. The lowest BCUT2D eigenvalue weighted by molar-refractivity contribution is 0.272. The molecule has 1 aliphatic rings. The van der Waals surface area contributed by atoms with Gasteiger partial charge in [0.15, 0.2) is 0 Å². The van der Waals surface area contributed by atoms with Crippen molar-refractivity contribution in [1.82, 2.24) is 9.88 Å². The van der Waals surface area contributed by atoms with E-state index < -0.39 is 0 Å². The third-order valence-electron chi connectivity index (χ3n) is 3.10. The van der Waals surface area contributed by atoms with Crippen LogP contribution in [0.5, 0.6) is 0 Å². The smallest absolute Gasteiger partial charge is 0.128 e. The molecule has 0 unspecified atom stereocenters. The first-order chi connectivity index (χ1) is 8.20. The minimum atomic E-state index is 0.718. The molecule has 0 aromatic carbocycles. The molecule has 1 aromatic heterocycles. The number of piperazine rings is 1. The van der Waals surface area contributed by atoms with Crippen LogP contribution in [0.25, 0.3) is 0 Å². The zero-order valence-electron chi connectivity index (χ0n) is 9.99. The Balaban J connectivity index is 1.98. The molecule has 1 fully saturated rings. The summed E-state index contributed by atoms with van der Waals surface area (Å²) in [5, 5.41) is 0. The molecule has 0 spiro atoms. The molecule has 0 atom stereocenters. The number of anilines is 1. The Bertz CT molecular complexity index is 378. The Labute approximate surface area is 116 Å². The summed E-state index contributed by atoms with van der Waals surface area (Å²) in [5.74, 6) is 1.80. The van der Waals surface area contributed by atoms with E-state index in [1.165, 1.54) is 0 Å². The van der Waals surface area contributed by atoms with Crippen molar-refractivity contribution in [2.24, 2.45) is 0 Å². The number of nitrogens with zero attached hydrogens (tertiary/aromatic N) is 3. The van der Waals surface area contributed by atoms with Gasteiger partial charge in [-0.05, 0) is 35.0 Å². The summed E-state index contributed by atoms with van der Waals surface area (Å²) in [6.45, 7) is 7.22. The maximum absolute atomic E-state index is 5.75. The van der Waals surface area contributed by atoms with Gasteiger partial charge < -0.3 is 4.90 Å².